The lowest BCUT2D eigenvalue weighted by Crippen LogP contribution is -2.22. The highest BCUT2D eigenvalue weighted by molar-refractivity contribution is 5.72. The minimum Gasteiger partial charge on any atom is -0.507 e. The summed E-state index contributed by atoms with van der Waals surface area (Å²) in [5.41, 5.74) is 4.75. The number of phenolic OH excluding ortho intramolecular Hbond substituents is 2. The zero-order valence-electron chi connectivity index (χ0n) is 22.2. The van der Waals surface area contributed by atoms with Gasteiger partial charge in [0.15, 0.2) is 0 Å². The number of hydrogen-bond donors (Lipinski definition) is 2. The predicted molar refractivity (Wildman–Crippen MR) is 150 cm³/mol. The molecule has 0 unspecified atom stereocenters. The molecule has 0 spiro atoms. The van der Waals surface area contributed by atoms with Gasteiger partial charge in [0.1, 0.15) is 11.5 Å². The number of carbonyl (C=O) groups excluding carboxylic acids is 2. The minimum absolute atomic E-state index is 0.0966. The summed E-state index contributed by atoms with van der Waals surface area (Å²) in [6, 6.07) is 7.41. The molecule has 0 saturated heterocycles. The summed E-state index contributed by atoms with van der Waals surface area (Å²) in [4.78, 5) is 24.7. The van der Waals surface area contributed by atoms with Crippen LogP contribution in [0, 0.1) is 0 Å². The third-order valence-electron chi connectivity index (χ3n) is 5.94. The number of allylic oxidation sites excluding steroid dienone is 4. The molecule has 0 radical (unpaired) electrons. The van der Waals surface area contributed by atoms with Crippen LogP contribution in [0.2, 0.25) is 0 Å². The lowest BCUT2D eigenvalue weighted by atomic mass is 9.97. The van der Waals surface area contributed by atoms with Crippen LogP contribution in [0.4, 0.5) is 0 Å². The molecule has 0 saturated carbocycles. The first kappa shape index (κ1) is 30.2. The van der Waals surface area contributed by atoms with Crippen molar-refractivity contribution in [3.05, 3.63) is 108 Å². The Kier molecular flexibility index (Phi) is 12.1. The number of aryl methyl sites for hydroxylation is 2. The molecule has 0 aliphatic carbocycles. The number of aromatic hydroxyl groups is 2. The molecule has 6 nitrogen and oxygen atoms in total. The van der Waals surface area contributed by atoms with Gasteiger partial charge in [0.05, 0.1) is 0 Å². The monoisotopic (exact) mass is 518 g/mol. The van der Waals surface area contributed by atoms with E-state index >= 15 is 0 Å². The summed E-state index contributed by atoms with van der Waals surface area (Å²) in [5, 5.41) is 20.8. The van der Waals surface area contributed by atoms with E-state index in [0.29, 0.717) is 38.5 Å². The Morgan fingerprint density at radius 1 is 0.684 bits per heavy atom. The van der Waals surface area contributed by atoms with Crippen LogP contribution in [0.25, 0.3) is 0 Å². The van der Waals surface area contributed by atoms with Crippen molar-refractivity contribution in [2.45, 2.75) is 64.6 Å². The van der Waals surface area contributed by atoms with E-state index in [1.807, 2.05) is 24.3 Å². The maximum Gasteiger partial charge on any atom is 0.309 e. The van der Waals surface area contributed by atoms with Gasteiger partial charge >= 0.3 is 11.9 Å². The second-order valence-electron chi connectivity index (χ2n) is 9.04. The maximum absolute atomic E-state index is 12.4. The third-order valence-corrected chi connectivity index (χ3v) is 5.94. The Morgan fingerprint density at radius 3 is 1.24 bits per heavy atom. The van der Waals surface area contributed by atoms with Crippen LogP contribution in [0.3, 0.4) is 0 Å². The van der Waals surface area contributed by atoms with Crippen LogP contribution < -0.4 is 0 Å². The smallest absolute Gasteiger partial charge is 0.309 e. The van der Waals surface area contributed by atoms with Crippen LogP contribution in [0.1, 0.15) is 53.1 Å². The molecule has 0 fully saturated rings. The van der Waals surface area contributed by atoms with E-state index in [-0.39, 0.29) is 24.3 Å². The first-order valence-corrected chi connectivity index (χ1v) is 12.7. The first-order chi connectivity index (χ1) is 18.2. The van der Waals surface area contributed by atoms with Crippen LogP contribution in [-0.4, -0.2) is 28.4 Å². The lowest BCUT2D eigenvalue weighted by Gasteiger charge is -2.15. The lowest BCUT2D eigenvalue weighted by molar-refractivity contribution is -0.184. The van der Waals surface area contributed by atoms with Gasteiger partial charge in [-0.15, -0.1) is 26.3 Å². The van der Waals surface area contributed by atoms with E-state index in [0.717, 1.165) is 33.4 Å². The molecule has 202 valence electrons. The quantitative estimate of drug-likeness (QED) is 0.161. The van der Waals surface area contributed by atoms with Crippen LogP contribution in [-0.2, 0) is 57.6 Å². The second-order valence-corrected chi connectivity index (χ2v) is 9.04. The number of rotatable bonds is 16. The van der Waals surface area contributed by atoms with Gasteiger partial charge in [-0.05, 0) is 71.9 Å². The van der Waals surface area contributed by atoms with Gasteiger partial charge in [-0.25, -0.2) is 0 Å². The predicted octanol–water partition coefficient (Wildman–Crippen LogP) is 6.01. The highest BCUT2D eigenvalue weighted by Gasteiger charge is 2.16. The fourth-order valence-corrected chi connectivity index (χ4v) is 4.20. The highest BCUT2D eigenvalue weighted by atomic mass is 16.7. The van der Waals surface area contributed by atoms with Crippen molar-refractivity contribution in [3.8, 4) is 11.5 Å². The van der Waals surface area contributed by atoms with E-state index < -0.39 is 18.2 Å². The molecule has 6 heteroatoms. The van der Waals surface area contributed by atoms with Gasteiger partial charge in [-0.3, -0.25) is 9.59 Å². The van der Waals surface area contributed by atoms with Gasteiger partial charge in [0.25, 0.3) is 0 Å². The zero-order valence-corrected chi connectivity index (χ0v) is 22.2. The van der Waals surface area contributed by atoms with Crippen molar-refractivity contribution in [1.82, 2.24) is 0 Å². The number of esters is 2. The average Bonchev–Trinajstić information content (AvgIpc) is 2.87. The van der Waals surface area contributed by atoms with E-state index in [1.165, 1.54) is 6.92 Å². The number of hydrogen-bond acceptors (Lipinski definition) is 6. The number of carbonyl (C=O) groups is 2. The van der Waals surface area contributed by atoms with Crippen molar-refractivity contribution in [3.63, 3.8) is 0 Å². The van der Waals surface area contributed by atoms with E-state index in [1.54, 1.807) is 24.3 Å². The third kappa shape index (κ3) is 9.11. The van der Waals surface area contributed by atoms with Crippen molar-refractivity contribution >= 4 is 11.9 Å². The molecular weight excluding hydrogens is 480 g/mol. The van der Waals surface area contributed by atoms with E-state index in [2.05, 4.69) is 26.3 Å². The van der Waals surface area contributed by atoms with Crippen molar-refractivity contribution < 1.29 is 29.3 Å². The average molecular weight is 519 g/mol. The van der Waals surface area contributed by atoms with Crippen molar-refractivity contribution in [2.24, 2.45) is 0 Å². The summed E-state index contributed by atoms with van der Waals surface area (Å²) >= 11 is 0. The minimum atomic E-state index is -1.02. The molecule has 2 aromatic rings. The van der Waals surface area contributed by atoms with Gasteiger partial charge in [0, 0.05) is 19.8 Å². The molecule has 2 rings (SSSR count). The van der Waals surface area contributed by atoms with Gasteiger partial charge in [-0.1, -0.05) is 48.6 Å². The normalized spacial score (nSPS) is 10.6. The molecule has 2 N–H and O–H groups in total. The molecule has 0 atom stereocenters. The molecule has 0 heterocycles. The van der Waals surface area contributed by atoms with Crippen molar-refractivity contribution in [2.75, 3.05) is 0 Å². The summed E-state index contributed by atoms with van der Waals surface area (Å²) < 4.78 is 10.5. The van der Waals surface area contributed by atoms with Crippen LogP contribution in [0.15, 0.2) is 74.9 Å². The van der Waals surface area contributed by atoms with E-state index in [4.69, 9.17) is 9.47 Å². The van der Waals surface area contributed by atoms with Gasteiger partial charge < -0.3 is 19.7 Å². The fourth-order valence-electron chi connectivity index (χ4n) is 4.20. The Morgan fingerprint density at radius 2 is 0.974 bits per heavy atom. The van der Waals surface area contributed by atoms with E-state index in [9.17, 15) is 19.8 Å². The molecule has 0 aromatic heterocycles. The summed E-state index contributed by atoms with van der Waals surface area (Å²) in [7, 11) is 0. The molecule has 0 bridgehead atoms. The number of benzene rings is 2. The van der Waals surface area contributed by atoms with Crippen LogP contribution in [0.5, 0.6) is 11.5 Å². The molecule has 0 aliphatic heterocycles. The Bertz CT molecular complexity index is 1020. The molecule has 0 amide bonds. The topological polar surface area (TPSA) is 93.1 Å². The standard InChI is InChI=1S/C32H38O6/c1-6-10-25-18-23(19-26(11-7-2)31(25)35)14-16-29(33)37-22(5)38-30(34)17-15-24-20-27(12-8-3)32(36)28(21-24)13-9-4/h6-9,18-22,35-36H,1-4,10-17H2,5H3. The Labute approximate surface area is 225 Å². The first-order valence-electron chi connectivity index (χ1n) is 12.7. The fraction of sp³-hybridized carbons (Fsp3) is 0.312. The Hall–Kier alpha value is -4.06. The summed E-state index contributed by atoms with van der Waals surface area (Å²) in [5.74, 6) is -0.540. The number of ether oxygens (including phenoxy) is 2. The number of phenols is 2. The molecular formula is C32H38O6. The van der Waals surface area contributed by atoms with Gasteiger partial charge in [0.2, 0.25) is 6.29 Å². The van der Waals surface area contributed by atoms with Gasteiger partial charge in [-0.2, -0.15) is 0 Å². The van der Waals surface area contributed by atoms with Crippen molar-refractivity contribution in [1.29, 1.82) is 0 Å². The summed E-state index contributed by atoms with van der Waals surface area (Å²) in [6.07, 6.45) is 8.88. The zero-order chi connectivity index (χ0) is 28.1. The molecule has 38 heavy (non-hydrogen) atoms. The molecule has 0 aliphatic rings. The largest absolute Gasteiger partial charge is 0.507 e. The Balaban J connectivity index is 1.90. The molecule has 2 aromatic carbocycles. The second kappa shape index (κ2) is 15.3. The maximum atomic E-state index is 12.4. The highest BCUT2D eigenvalue weighted by Crippen LogP contribution is 2.28. The summed E-state index contributed by atoms with van der Waals surface area (Å²) in [6.45, 7) is 16.4. The van der Waals surface area contributed by atoms with Crippen LogP contribution >= 0.6 is 0 Å². The SMILES string of the molecule is C=CCc1cc(CCC(=O)OC(C)OC(=O)CCc2cc(CC=C)c(O)c(CC=C)c2)cc(CC=C)c1O.